The van der Waals surface area contributed by atoms with Gasteiger partial charge in [0.1, 0.15) is 23.3 Å². The Labute approximate surface area is 157 Å². The van der Waals surface area contributed by atoms with Crippen LogP contribution in [0, 0.1) is 0 Å². The number of benzene rings is 3. The van der Waals surface area contributed by atoms with E-state index in [-0.39, 0.29) is 6.04 Å². The van der Waals surface area contributed by atoms with Gasteiger partial charge in [-0.2, -0.15) is 0 Å². The highest BCUT2D eigenvalue weighted by Gasteiger charge is 2.18. The number of rotatable bonds is 6. The van der Waals surface area contributed by atoms with Crippen molar-refractivity contribution in [2.75, 3.05) is 7.11 Å². The number of aromatic nitrogens is 1. The Bertz CT molecular complexity index is 947. The van der Waals surface area contributed by atoms with Crippen molar-refractivity contribution in [3.8, 4) is 5.75 Å². The quantitative estimate of drug-likeness (QED) is 0.560. The van der Waals surface area contributed by atoms with E-state index in [1.54, 1.807) is 18.4 Å². The minimum absolute atomic E-state index is 0.231. The lowest BCUT2D eigenvalue weighted by molar-refractivity contribution is -0.702. The van der Waals surface area contributed by atoms with Crippen LogP contribution in [0.1, 0.15) is 22.2 Å². The zero-order chi connectivity index (χ0) is 17.8. The molecule has 0 saturated heterocycles. The molecule has 0 radical (unpaired) electrons. The van der Waals surface area contributed by atoms with Crippen molar-refractivity contribution in [2.24, 2.45) is 0 Å². The van der Waals surface area contributed by atoms with Gasteiger partial charge >= 0.3 is 0 Å². The van der Waals surface area contributed by atoms with Crippen molar-refractivity contribution in [3.63, 3.8) is 0 Å². The van der Waals surface area contributed by atoms with Crippen molar-refractivity contribution >= 4 is 21.6 Å². The van der Waals surface area contributed by atoms with Gasteiger partial charge in [-0.15, -0.1) is 11.3 Å². The number of nitrogens with two attached hydrogens (primary N) is 1. The molecule has 0 amide bonds. The Kier molecular flexibility index (Phi) is 4.95. The molecule has 1 heterocycles. The van der Waals surface area contributed by atoms with Crippen LogP contribution in [-0.4, -0.2) is 12.1 Å². The second-order valence-corrected chi connectivity index (χ2v) is 7.29. The van der Waals surface area contributed by atoms with Gasteiger partial charge in [0.05, 0.1) is 17.3 Å². The van der Waals surface area contributed by atoms with Crippen LogP contribution in [0.2, 0.25) is 0 Å². The number of methoxy groups -OCH3 is 1. The molecule has 3 aromatic carbocycles. The highest BCUT2D eigenvalue weighted by Crippen LogP contribution is 2.23. The summed E-state index contributed by atoms with van der Waals surface area (Å²) in [4.78, 5) is 4.77. The van der Waals surface area contributed by atoms with E-state index in [1.165, 1.54) is 15.8 Å². The summed E-state index contributed by atoms with van der Waals surface area (Å²) in [7, 11) is 1.70. The summed E-state index contributed by atoms with van der Waals surface area (Å²) in [6, 6.07) is 27.5. The number of fused-ring (bicyclic) bond motifs is 1. The maximum Gasteiger partial charge on any atom is 0.148 e. The Morgan fingerprint density at radius 2 is 1.58 bits per heavy atom. The monoisotopic (exact) mass is 361 g/mol. The fraction of sp³-hybridized carbons (Fsp3) is 0.136. The number of nitrogens with zero attached hydrogens (tertiary/aromatic N) is 1. The molecule has 26 heavy (non-hydrogen) atoms. The van der Waals surface area contributed by atoms with E-state index in [9.17, 15) is 0 Å². The maximum absolute atomic E-state index is 5.30. The number of ether oxygens (including phenoxy) is 1. The number of hydrogen-bond acceptors (Lipinski definition) is 3. The molecule has 0 aliphatic heterocycles. The minimum Gasteiger partial charge on any atom is -0.497 e. The summed E-state index contributed by atoms with van der Waals surface area (Å²) in [5.41, 5.74) is 3.64. The van der Waals surface area contributed by atoms with Crippen molar-refractivity contribution < 1.29 is 10.1 Å². The highest BCUT2D eigenvalue weighted by molar-refractivity contribution is 7.18. The van der Waals surface area contributed by atoms with Crippen molar-refractivity contribution in [3.05, 3.63) is 95.0 Å². The molecule has 0 aliphatic carbocycles. The molecule has 0 fully saturated rings. The van der Waals surface area contributed by atoms with Gasteiger partial charge in [0.15, 0.2) is 0 Å². The molecule has 0 spiro atoms. The van der Waals surface area contributed by atoms with Crippen LogP contribution in [0.4, 0.5) is 0 Å². The van der Waals surface area contributed by atoms with E-state index < -0.39 is 0 Å². The largest absolute Gasteiger partial charge is 0.497 e. The van der Waals surface area contributed by atoms with E-state index in [0.717, 1.165) is 22.8 Å². The summed E-state index contributed by atoms with van der Waals surface area (Å²) < 4.78 is 6.55. The van der Waals surface area contributed by atoms with Crippen LogP contribution in [0.5, 0.6) is 5.75 Å². The van der Waals surface area contributed by atoms with Crippen LogP contribution in [-0.2, 0) is 6.54 Å². The third-order valence-electron chi connectivity index (χ3n) is 4.50. The van der Waals surface area contributed by atoms with Crippen LogP contribution in [0.3, 0.4) is 0 Å². The van der Waals surface area contributed by atoms with Crippen LogP contribution in [0.15, 0.2) is 78.9 Å². The first kappa shape index (κ1) is 16.8. The molecule has 0 saturated carbocycles. The smallest absolute Gasteiger partial charge is 0.148 e. The van der Waals surface area contributed by atoms with Gasteiger partial charge in [-0.25, -0.2) is 4.98 Å². The molecule has 4 rings (SSSR count). The summed E-state index contributed by atoms with van der Waals surface area (Å²) in [6.07, 6.45) is 0. The third kappa shape index (κ3) is 3.62. The SMILES string of the molecule is COc1ccc([C@@H]([NH2+]Cc2nc3ccccc3s2)c2ccccc2)cc1. The fourth-order valence-corrected chi connectivity index (χ4v) is 4.10. The van der Waals surface area contributed by atoms with Gasteiger partial charge in [0, 0.05) is 11.1 Å². The lowest BCUT2D eigenvalue weighted by atomic mass is 9.98. The summed E-state index contributed by atoms with van der Waals surface area (Å²) in [5.74, 6) is 0.881. The Morgan fingerprint density at radius 3 is 2.31 bits per heavy atom. The molecule has 4 heteroatoms. The summed E-state index contributed by atoms with van der Waals surface area (Å²) >= 11 is 1.77. The second-order valence-electron chi connectivity index (χ2n) is 6.18. The first-order valence-corrected chi connectivity index (χ1v) is 9.52. The lowest BCUT2D eigenvalue weighted by Crippen LogP contribution is -2.83. The van der Waals surface area contributed by atoms with Crippen molar-refractivity contribution in [1.29, 1.82) is 0 Å². The second kappa shape index (κ2) is 7.68. The zero-order valence-corrected chi connectivity index (χ0v) is 15.4. The average Bonchev–Trinajstić information content (AvgIpc) is 3.12. The van der Waals surface area contributed by atoms with Crippen LogP contribution < -0.4 is 10.1 Å². The molecular weight excluding hydrogens is 340 g/mol. The molecule has 0 unspecified atom stereocenters. The Hall–Kier alpha value is -2.69. The standard InChI is InChI=1S/C22H20N2OS/c1-25-18-13-11-17(12-14-18)22(16-7-3-2-4-8-16)23-15-21-24-19-9-5-6-10-20(19)26-21/h2-14,22-23H,15H2,1H3/p+1/t22-/m0/s1. The van der Waals surface area contributed by atoms with Gasteiger partial charge < -0.3 is 10.1 Å². The molecule has 1 aromatic heterocycles. The topological polar surface area (TPSA) is 38.7 Å². The summed E-state index contributed by atoms with van der Waals surface area (Å²) in [5, 5.41) is 3.51. The first-order valence-electron chi connectivity index (χ1n) is 8.70. The van der Waals surface area contributed by atoms with Crippen LogP contribution in [0.25, 0.3) is 10.2 Å². The Morgan fingerprint density at radius 1 is 0.885 bits per heavy atom. The molecule has 130 valence electrons. The number of quaternary nitrogens is 1. The molecule has 1 atom stereocenters. The molecule has 3 nitrogen and oxygen atoms in total. The predicted molar refractivity (Wildman–Crippen MR) is 107 cm³/mol. The molecule has 0 aliphatic rings. The van der Waals surface area contributed by atoms with Gasteiger partial charge in [-0.1, -0.05) is 42.5 Å². The van der Waals surface area contributed by atoms with E-state index in [4.69, 9.17) is 9.72 Å². The third-order valence-corrected chi connectivity index (χ3v) is 5.56. The molecule has 0 bridgehead atoms. The normalized spacial score (nSPS) is 12.2. The lowest BCUT2D eigenvalue weighted by Gasteiger charge is -2.16. The number of thiazole rings is 1. The Balaban J connectivity index is 1.60. The zero-order valence-electron chi connectivity index (χ0n) is 14.6. The van der Waals surface area contributed by atoms with Gasteiger partial charge in [-0.05, 0) is 36.4 Å². The van der Waals surface area contributed by atoms with Gasteiger partial charge in [-0.3, -0.25) is 0 Å². The van der Waals surface area contributed by atoms with E-state index in [2.05, 4.69) is 66.0 Å². The predicted octanol–water partition coefficient (Wildman–Crippen LogP) is 4.16. The fourth-order valence-electron chi connectivity index (χ4n) is 3.16. The van der Waals surface area contributed by atoms with Crippen molar-refractivity contribution in [1.82, 2.24) is 4.98 Å². The molecular formula is C22H21N2OS+. The van der Waals surface area contributed by atoms with Gasteiger partial charge in [0.2, 0.25) is 0 Å². The summed E-state index contributed by atoms with van der Waals surface area (Å²) in [6.45, 7) is 0.852. The highest BCUT2D eigenvalue weighted by atomic mass is 32.1. The number of para-hydroxylation sites is 1. The molecule has 4 aromatic rings. The van der Waals surface area contributed by atoms with Gasteiger partial charge in [0.25, 0.3) is 0 Å². The van der Waals surface area contributed by atoms with E-state index >= 15 is 0 Å². The van der Waals surface area contributed by atoms with Crippen molar-refractivity contribution in [2.45, 2.75) is 12.6 Å². The maximum atomic E-state index is 5.30. The average molecular weight is 361 g/mol. The first-order chi connectivity index (χ1) is 12.8. The minimum atomic E-state index is 0.231. The molecule has 2 N–H and O–H groups in total. The number of hydrogen-bond donors (Lipinski definition) is 1. The van der Waals surface area contributed by atoms with E-state index in [1.807, 2.05) is 18.2 Å². The van der Waals surface area contributed by atoms with Crippen LogP contribution >= 0.6 is 11.3 Å². The van der Waals surface area contributed by atoms with E-state index in [0.29, 0.717) is 0 Å².